The van der Waals surface area contributed by atoms with Gasteiger partial charge in [0.1, 0.15) is 0 Å². The molecule has 0 N–H and O–H groups in total. The van der Waals surface area contributed by atoms with E-state index >= 15 is 0 Å². The molecule has 76 valence electrons. The molecule has 0 radical (unpaired) electrons. The molecular weight excluding hydrogens is 283 g/mol. The van der Waals surface area contributed by atoms with Gasteiger partial charge in [-0.05, 0) is 30.5 Å². The maximum absolute atomic E-state index is 6.01. The number of allylic oxidation sites excluding steroid dienone is 2. The quantitative estimate of drug-likeness (QED) is 0.548. The van der Waals surface area contributed by atoms with E-state index in [-0.39, 0.29) is 0 Å². The predicted octanol–water partition coefficient (Wildman–Crippen LogP) is 4.88. The summed E-state index contributed by atoms with van der Waals surface area (Å²) in [4.78, 5) is 0. The fourth-order valence-corrected chi connectivity index (χ4v) is 1.93. The highest BCUT2D eigenvalue weighted by molar-refractivity contribution is 9.09. The summed E-state index contributed by atoms with van der Waals surface area (Å²) in [5.41, 5.74) is 1.00. The molecule has 0 amide bonds. The van der Waals surface area contributed by atoms with Gasteiger partial charge in [-0.15, -0.1) is 0 Å². The Bertz CT molecular complexity index is 301. The van der Waals surface area contributed by atoms with E-state index in [1.165, 1.54) is 0 Å². The molecule has 0 spiro atoms. The zero-order chi connectivity index (χ0) is 10.4. The van der Waals surface area contributed by atoms with Crippen LogP contribution in [0, 0.1) is 0 Å². The third kappa shape index (κ3) is 3.64. The van der Waals surface area contributed by atoms with Crippen molar-refractivity contribution in [1.82, 2.24) is 0 Å². The SMILES string of the molecule is Clc1cccc(Cl)c1CC=CCCBr. The third-order valence-corrected chi connectivity index (χ3v) is 2.99. The Morgan fingerprint density at radius 1 is 1.14 bits per heavy atom. The van der Waals surface area contributed by atoms with E-state index in [1.54, 1.807) is 0 Å². The molecule has 0 atom stereocenters. The molecule has 0 bridgehead atoms. The van der Waals surface area contributed by atoms with Crippen molar-refractivity contribution in [2.45, 2.75) is 12.8 Å². The second-order valence-electron chi connectivity index (χ2n) is 2.85. The molecular formula is C11H11BrCl2. The van der Waals surface area contributed by atoms with E-state index in [1.807, 2.05) is 18.2 Å². The van der Waals surface area contributed by atoms with Crippen LogP contribution in [0.15, 0.2) is 30.4 Å². The Balaban J connectivity index is 2.66. The van der Waals surface area contributed by atoms with Crippen LogP contribution in [-0.4, -0.2) is 5.33 Å². The maximum atomic E-state index is 6.01. The second-order valence-corrected chi connectivity index (χ2v) is 4.46. The van der Waals surface area contributed by atoms with Crippen LogP contribution < -0.4 is 0 Å². The minimum absolute atomic E-state index is 0.737. The van der Waals surface area contributed by atoms with Crippen molar-refractivity contribution < 1.29 is 0 Å². The van der Waals surface area contributed by atoms with Gasteiger partial charge >= 0.3 is 0 Å². The number of benzene rings is 1. The van der Waals surface area contributed by atoms with Gasteiger partial charge in [-0.3, -0.25) is 0 Å². The minimum Gasteiger partial charge on any atom is -0.0925 e. The average Bonchev–Trinajstić information content (AvgIpc) is 2.16. The first-order valence-corrected chi connectivity index (χ1v) is 6.27. The van der Waals surface area contributed by atoms with E-state index in [0.717, 1.165) is 33.8 Å². The number of hydrogen-bond donors (Lipinski definition) is 0. The first-order chi connectivity index (χ1) is 6.75. The van der Waals surface area contributed by atoms with Crippen molar-refractivity contribution >= 4 is 39.1 Å². The molecule has 1 aromatic carbocycles. The molecule has 1 aromatic rings. The lowest BCUT2D eigenvalue weighted by molar-refractivity contribution is 1.20. The van der Waals surface area contributed by atoms with Gasteiger partial charge in [-0.2, -0.15) is 0 Å². The maximum Gasteiger partial charge on any atom is 0.0456 e. The van der Waals surface area contributed by atoms with Crippen molar-refractivity contribution in [3.8, 4) is 0 Å². The van der Waals surface area contributed by atoms with Crippen LogP contribution >= 0.6 is 39.1 Å². The summed E-state index contributed by atoms with van der Waals surface area (Å²) in [7, 11) is 0. The van der Waals surface area contributed by atoms with Gasteiger partial charge < -0.3 is 0 Å². The highest BCUT2D eigenvalue weighted by atomic mass is 79.9. The van der Waals surface area contributed by atoms with Gasteiger partial charge in [-0.1, -0.05) is 57.4 Å². The zero-order valence-corrected chi connectivity index (χ0v) is 10.7. The Hall–Kier alpha value is 0.0200. The van der Waals surface area contributed by atoms with Crippen molar-refractivity contribution in [1.29, 1.82) is 0 Å². The smallest absolute Gasteiger partial charge is 0.0456 e. The van der Waals surface area contributed by atoms with Gasteiger partial charge in [0.25, 0.3) is 0 Å². The summed E-state index contributed by atoms with van der Waals surface area (Å²) in [6.45, 7) is 0. The van der Waals surface area contributed by atoms with Crippen LogP contribution in [0.3, 0.4) is 0 Å². The first kappa shape index (κ1) is 12.1. The number of alkyl halides is 1. The Morgan fingerprint density at radius 3 is 2.36 bits per heavy atom. The molecule has 0 fully saturated rings. The Labute approximate surface area is 103 Å². The van der Waals surface area contributed by atoms with Crippen molar-refractivity contribution in [2.75, 3.05) is 5.33 Å². The lowest BCUT2D eigenvalue weighted by Gasteiger charge is -2.02. The summed E-state index contributed by atoms with van der Waals surface area (Å²) in [6.07, 6.45) is 6.04. The van der Waals surface area contributed by atoms with Crippen molar-refractivity contribution in [2.24, 2.45) is 0 Å². The topological polar surface area (TPSA) is 0 Å². The molecule has 0 aliphatic heterocycles. The zero-order valence-electron chi connectivity index (χ0n) is 7.64. The molecule has 0 nitrogen and oxygen atoms in total. The van der Waals surface area contributed by atoms with Crippen molar-refractivity contribution in [3.05, 3.63) is 46.0 Å². The van der Waals surface area contributed by atoms with Gasteiger partial charge in [0.15, 0.2) is 0 Å². The molecule has 0 unspecified atom stereocenters. The van der Waals surface area contributed by atoms with Gasteiger partial charge in [0, 0.05) is 15.4 Å². The van der Waals surface area contributed by atoms with Crippen LogP contribution in [-0.2, 0) is 6.42 Å². The lowest BCUT2D eigenvalue weighted by Crippen LogP contribution is -1.84. The molecule has 0 saturated heterocycles. The van der Waals surface area contributed by atoms with Gasteiger partial charge in [0.2, 0.25) is 0 Å². The van der Waals surface area contributed by atoms with Crippen LogP contribution in [0.2, 0.25) is 10.0 Å². The number of hydrogen-bond acceptors (Lipinski definition) is 0. The van der Waals surface area contributed by atoms with Crippen LogP contribution in [0.5, 0.6) is 0 Å². The molecule has 0 saturated carbocycles. The molecule has 0 aliphatic rings. The second kappa shape index (κ2) is 6.49. The van der Waals surface area contributed by atoms with Gasteiger partial charge in [-0.25, -0.2) is 0 Å². The molecule has 0 heterocycles. The van der Waals surface area contributed by atoms with E-state index < -0.39 is 0 Å². The molecule has 0 aromatic heterocycles. The van der Waals surface area contributed by atoms with Crippen LogP contribution in [0.25, 0.3) is 0 Å². The van der Waals surface area contributed by atoms with E-state index in [2.05, 4.69) is 28.1 Å². The molecule has 0 aliphatic carbocycles. The number of halogens is 3. The summed E-state index contributed by atoms with van der Waals surface area (Å²) in [5.74, 6) is 0. The Morgan fingerprint density at radius 2 is 1.79 bits per heavy atom. The fraction of sp³-hybridized carbons (Fsp3) is 0.273. The average molecular weight is 294 g/mol. The standard InChI is InChI=1S/C11H11BrCl2/c12-8-3-1-2-5-9-10(13)6-4-7-11(9)14/h1-2,4,6-7H,3,5,8H2. The molecule has 14 heavy (non-hydrogen) atoms. The minimum atomic E-state index is 0.737. The first-order valence-electron chi connectivity index (χ1n) is 4.39. The highest BCUT2D eigenvalue weighted by Crippen LogP contribution is 2.24. The normalized spacial score (nSPS) is 11.1. The molecule has 1 rings (SSSR count). The highest BCUT2D eigenvalue weighted by Gasteiger charge is 2.02. The summed E-state index contributed by atoms with van der Waals surface area (Å²) < 4.78 is 0. The number of rotatable bonds is 4. The predicted molar refractivity (Wildman–Crippen MR) is 67.7 cm³/mol. The van der Waals surface area contributed by atoms with E-state index in [4.69, 9.17) is 23.2 Å². The molecule has 3 heteroatoms. The van der Waals surface area contributed by atoms with E-state index in [9.17, 15) is 0 Å². The summed E-state index contributed by atoms with van der Waals surface area (Å²) >= 11 is 15.4. The largest absolute Gasteiger partial charge is 0.0925 e. The van der Waals surface area contributed by atoms with Gasteiger partial charge in [0.05, 0.1) is 0 Å². The lowest BCUT2D eigenvalue weighted by atomic mass is 10.1. The third-order valence-electron chi connectivity index (χ3n) is 1.83. The monoisotopic (exact) mass is 292 g/mol. The Kier molecular flexibility index (Phi) is 5.61. The van der Waals surface area contributed by atoms with Crippen molar-refractivity contribution in [3.63, 3.8) is 0 Å². The van der Waals surface area contributed by atoms with Crippen LogP contribution in [0.4, 0.5) is 0 Å². The van der Waals surface area contributed by atoms with Crippen LogP contribution in [0.1, 0.15) is 12.0 Å². The fourth-order valence-electron chi connectivity index (χ4n) is 1.11. The summed E-state index contributed by atoms with van der Waals surface area (Å²) in [6, 6.07) is 5.58. The summed E-state index contributed by atoms with van der Waals surface area (Å²) in [5, 5.41) is 2.46. The van der Waals surface area contributed by atoms with E-state index in [0.29, 0.717) is 0 Å².